The van der Waals surface area contributed by atoms with Gasteiger partial charge < -0.3 is 18.9 Å². The molecule has 0 amide bonds. The van der Waals surface area contributed by atoms with Gasteiger partial charge in [-0.3, -0.25) is 0 Å². The number of fused-ring (bicyclic) bond motifs is 3. The minimum Gasteiger partial charge on any atom is -0.496 e. The lowest BCUT2D eigenvalue weighted by atomic mass is 9.68. The molecule has 6 heteroatoms. The van der Waals surface area contributed by atoms with Crippen molar-refractivity contribution in [1.82, 2.24) is 4.57 Å². The molecular weight excluding hydrogens is 653 g/mol. The second kappa shape index (κ2) is 13.1. The Bertz CT molecular complexity index is 2470. The summed E-state index contributed by atoms with van der Waals surface area (Å²) >= 11 is 0. The third kappa shape index (κ3) is 5.91. The standard InChI is InChI=1S/C47H42N4O2/c1-46(2)23-25-50-26-24-47(3,4)43-44(50)39(46)29-32(45(43)52-6)18-22-36-28-33(40(30-48)49-5)27-35(53-36)21-17-31-15-19-34(20-16-31)51-41-13-9-7-11-37(41)38-12-8-10-14-42(38)51/h7-22,27-29H,23-26H2,1-4,6H3. The minimum absolute atomic E-state index is 0.0139. The fourth-order valence-electron chi connectivity index (χ4n) is 8.20. The molecule has 0 N–H and O–H groups in total. The summed E-state index contributed by atoms with van der Waals surface area (Å²) in [4.78, 5) is 6.04. The van der Waals surface area contributed by atoms with E-state index in [9.17, 15) is 5.26 Å². The summed E-state index contributed by atoms with van der Waals surface area (Å²) in [6.07, 6.45) is 13.5. The van der Waals surface area contributed by atoms with Crippen molar-refractivity contribution in [3.05, 3.63) is 160 Å². The van der Waals surface area contributed by atoms with Crippen LogP contribution < -0.4 is 9.64 Å². The first kappa shape index (κ1) is 33.9. The van der Waals surface area contributed by atoms with Crippen molar-refractivity contribution in [2.75, 3.05) is 25.1 Å². The van der Waals surface area contributed by atoms with Gasteiger partial charge in [0.2, 0.25) is 0 Å². The van der Waals surface area contributed by atoms with Crippen molar-refractivity contribution < 1.29 is 9.47 Å². The number of benzene rings is 4. The summed E-state index contributed by atoms with van der Waals surface area (Å²) in [6, 6.07) is 29.7. The Morgan fingerprint density at radius 2 is 1.43 bits per heavy atom. The maximum atomic E-state index is 9.79. The molecule has 0 unspecified atom stereocenters. The molecule has 4 aromatic carbocycles. The van der Waals surface area contributed by atoms with Crippen LogP contribution in [-0.4, -0.2) is 24.8 Å². The molecule has 4 heterocycles. The first-order valence-electron chi connectivity index (χ1n) is 18.2. The van der Waals surface area contributed by atoms with E-state index in [0.717, 1.165) is 48.5 Å². The quantitative estimate of drug-likeness (QED) is 0.131. The van der Waals surface area contributed by atoms with Gasteiger partial charge >= 0.3 is 0 Å². The third-order valence-corrected chi connectivity index (χ3v) is 11.1. The molecule has 1 aromatic heterocycles. The van der Waals surface area contributed by atoms with E-state index in [1.165, 1.54) is 38.6 Å². The van der Waals surface area contributed by atoms with Crippen molar-refractivity contribution >= 4 is 39.6 Å². The SMILES string of the molecule is [C-]#[N+]C(C#N)=C1C=C(C=Cc2ccc(-n3c4ccccc4c4ccccc43)cc2)OC(C=Cc2cc3c4c(c2OC)C(C)(C)CCN4CCC3(C)C)=C1. The molecule has 0 saturated heterocycles. The van der Waals surface area contributed by atoms with Crippen molar-refractivity contribution in [3.63, 3.8) is 0 Å². The molecule has 0 saturated carbocycles. The van der Waals surface area contributed by atoms with Crippen LogP contribution in [-0.2, 0) is 15.6 Å². The lowest BCUT2D eigenvalue weighted by molar-refractivity contribution is 0.332. The van der Waals surface area contributed by atoms with Crippen molar-refractivity contribution in [2.45, 2.75) is 51.4 Å². The lowest BCUT2D eigenvalue weighted by Crippen LogP contribution is -2.45. The molecule has 5 aromatic rings. The van der Waals surface area contributed by atoms with Crippen LogP contribution in [0.2, 0.25) is 0 Å². The van der Waals surface area contributed by atoms with E-state index < -0.39 is 0 Å². The van der Waals surface area contributed by atoms with Crippen LogP contribution in [0.25, 0.3) is 44.5 Å². The highest BCUT2D eigenvalue weighted by atomic mass is 16.5. The van der Waals surface area contributed by atoms with E-state index in [0.29, 0.717) is 17.1 Å². The zero-order chi connectivity index (χ0) is 36.9. The average molecular weight is 695 g/mol. The molecule has 262 valence electrons. The number of anilines is 1. The highest BCUT2D eigenvalue weighted by Gasteiger charge is 2.42. The maximum Gasteiger partial charge on any atom is 0.269 e. The average Bonchev–Trinajstić information content (AvgIpc) is 3.50. The van der Waals surface area contributed by atoms with Crippen LogP contribution in [0.15, 0.2) is 126 Å². The maximum absolute atomic E-state index is 9.79. The Morgan fingerprint density at radius 3 is 2.04 bits per heavy atom. The van der Waals surface area contributed by atoms with Gasteiger partial charge in [0.15, 0.2) is 0 Å². The van der Waals surface area contributed by atoms with Crippen LogP contribution in [0, 0.1) is 17.9 Å². The molecule has 3 aliphatic heterocycles. The first-order valence-corrected chi connectivity index (χ1v) is 18.2. The van der Waals surface area contributed by atoms with E-state index >= 15 is 0 Å². The van der Waals surface area contributed by atoms with Gasteiger partial charge in [0, 0.05) is 46.4 Å². The highest BCUT2D eigenvalue weighted by Crippen LogP contribution is 2.53. The number of rotatable bonds is 6. The Morgan fingerprint density at radius 1 is 0.830 bits per heavy atom. The largest absolute Gasteiger partial charge is 0.496 e. The number of hydrogen-bond acceptors (Lipinski definition) is 4. The highest BCUT2D eigenvalue weighted by molar-refractivity contribution is 6.09. The molecule has 0 radical (unpaired) electrons. The van der Waals surface area contributed by atoms with E-state index in [1.807, 2.05) is 24.3 Å². The van der Waals surface area contributed by atoms with E-state index in [1.54, 1.807) is 19.3 Å². The van der Waals surface area contributed by atoms with Crippen molar-refractivity contribution in [2.24, 2.45) is 0 Å². The van der Waals surface area contributed by atoms with E-state index in [-0.39, 0.29) is 16.5 Å². The molecule has 53 heavy (non-hydrogen) atoms. The van der Waals surface area contributed by atoms with Crippen molar-refractivity contribution in [1.29, 1.82) is 5.26 Å². The van der Waals surface area contributed by atoms with Crippen LogP contribution in [0.4, 0.5) is 5.69 Å². The smallest absolute Gasteiger partial charge is 0.269 e. The van der Waals surface area contributed by atoms with Gasteiger partial charge in [-0.05, 0) is 101 Å². The summed E-state index contributed by atoms with van der Waals surface area (Å²) < 4.78 is 14.9. The molecular formula is C47H42N4O2. The lowest BCUT2D eigenvalue weighted by Gasteiger charge is -2.48. The third-order valence-electron chi connectivity index (χ3n) is 11.1. The van der Waals surface area contributed by atoms with Crippen LogP contribution in [0.1, 0.15) is 62.8 Å². The van der Waals surface area contributed by atoms with Gasteiger partial charge in [0.25, 0.3) is 5.70 Å². The number of nitrogens with zero attached hydrogens (tertiary/aromatic N) is 4. The number of allylic oxidation sites excluding steroid dienone is 6. The zero-order valence-corrected chi connectivity index (χ0v) is 30.9. The number of methoxy groups -OCH3 is 1. The number of nitriles is 1. The van der Waals surface area contributed by atoms with E-state index in [4.69, 9.17) is 16.0 Å². The predicted molar refractivity (Wildman–Crippen MR) is 216 cm³/mol. The van der Waals surface area contributed by atoms with Crippen molar-refractivity contribution in [3.8, 4) is 17.5 Å². The van der Waals surface area contributed by atoms with Crippen LogP contribution in [0.3, 0.4) is 0 Å². The normalized spacial score (nSPS) is 18.3. The Kier molecular flexibility index (Phi) is 8.35. The molecule has 0 atom stereocenters. The van der Waals surface area contributed by atoms with Crippen LogP contribution >= 0.6 is 0 Å². The number of aromatic nitrogens is 1. The Balaban J connectivity index is 1.11. The topological polar surface area (TPSA) is 54.8 Å². The second-order valence-corrected chi connectivity index (χ2v) is 15.4. The summed E-state index contributed by atoms with van der Waals surface area (Å²) in [5.74, 6) is 1.96. The number of hydrogen-bond donors (Lipinski definition) is 0. The minimum atomic E-state index is -0.0423. The number of ether oxygens (including phenoxy) is 2. The molecule has 0 spiro atoms. The Labute approximate surface area is 311 Å². The van der Waals surface area contributed by atoms with Gasteiger partial charge in [-0.2, -0.15) is 0 Å². The Hall–Kier alpha value is -6.24. The van der Waals surface area contributed by atoms with Gasteiger partial charge in [0.05, 0.1) is 30.8 Å². The molecule has 0 fully saturated rings. The van der Waals surface area contributed by atoms with Crippen LogP contribution in [0.5, 0.6) is 5.75 Å². The van der Waals surface area contributed by atoms with Gasteiger partial charge in [-0.15, -0.1) is 0 Å². The van der Waals surface area contributed by atoms with Gasteiger partial charge in [0.1, 0.15) is 17.3 Å². The zero-order valence-electron chi connectivity index (χ0n) is 30.9. The molecule has 6 nitrogen and oxygen atoms in total. The second-order valence-electron chi connectivity index (χ2n) is 15.4. The summed E-state index contributed by atoms with van der Waals surface area (Å²) in [5.41, 5.74) is 9.85. The monoisotopic (exact) mass is 694 g/mol. The number of para-hydroxylation sites is 2. The fourth-order valence-corrected chi connectivity index (χ4v) is 8.20. The summed E-state index contributed by atoms with van der Waals surface area (Å²) in [7, 11) is 1.76. The molecule has 3 aliphatic rings. The first-order chi connectivity index (χ1) is 25.6. The summed E-state index contributed by atoms with van der Waals surface area (Å²) in [6.45, 7) is 19.0. The molecule has 0 bridgehead atoms. The molecule has 8 rings (SSSR count). The van der Waals surface area contributed by atoms with Gasteiger partial charge in [-0.1, -0.05) is 82.3 Å². The van der Waals surface area contributed by atoms with Gasteiger partial charge in [-0.25, -0.2) is 10.1 Å². The predicted octanol–water partition coefficient (Wildman–Crippen LogP) is 11.2. The summed E-state index contributed by atoms with van der Waals surface area (Å²) in [5, 5.41) is 12.2. The van der Waals surface area contributed by atoms with E-state index in [2.05, 4.69) is 127 Å². The molecule has 0 aliphatic carbocycles. The fraction of sp³-hybridized carbons (Fsp3) is 0.234.